The van der Waals surface area contributed by atoms with Crippen LogP contribution in [0.2, 0.25) is 0 Å². The van der Waals surface area contributed by atoms with Crippen molar-refractivity contribution in [3.8, 4) is 0 Å². The smallest absolute Gasteiger partial charge is 0.312 e. The summed E-state index contributed by atoms with van der Waals surface area (Å²) in [5.41, 5.74) is -1.55. The molecular formula is C21H32N2O6. The summed E-state index contributed by atoms with van der Waals surface area (Å²) in [5, 5.41) is 9.57. The van der Waals surface area contributed by atoms with Crippen molar-refractivity contribution in [2.75, 3.05) is 26.3 Å². The van der Waals surface area contributed by atoms with Gasteiger partial charge in [-0.1, -0.05) is 6.08 Å². The van der Waals surface area contributed by atoms with Crippen LogP contribution in [0.3, 0.4) is 0 Å². The van der Waals surface area contributed by atoms with Crippen molar-refractivity contribution in [1.82, 2.24) is 9.80 Å². The molecule has 1 N–H and O–H groups in total. The molecule has 0 aliphatic carbocycles. The topological polar surface area (TPSA) is 96.4 Å². The van der Waals surface area contributed by atoms with E-state index in [0.29, 0.717) is 19.4 Å². The molecule has 3 heterocycles. The first-order chi connectivity index (χ1) is 13.6. The molecule has 29 heavy (non-hydrogen) atoms. The lowest BCUT2D eigenvalue weighted by atomic mass is 9.70. The van der Waals surface area contributed by atoms with E-state index >= 15 is 0 Å². The van der Waals surface area contributed by atoms with Gasteiger partial charge in [0.05, 0.1) is 31.2 Å². The van der Waals surface area contributed by atoms with Crippen LogP contribution in [-0.4, -0.2) is 82.3 Å². The zero-order valence-corrected chi connectivity index (χ0v) is 17.7. The van der Waals surface area contributed by atoms with Gasteiger partial charge in [0.1, 0.15) is 11.6 Å². The SMILES string of the molecule is C=CCN(C(=O)[C@H]1N(CCO)C(=O)[C@@H]2[C@@H](C(=O)OCC)[C@H]3CC[C@]21O3)C(C)(C)C. The maximum absolute atomic E-state index is 13.7. The number of aliphatic hydroxyl groups excluding tert-OH is 1. The molecular weight excluding hydrogens is 376 g/mol. The van der Waals surface area contributed by atoms with E-state index in [9.17, 15) is 19.5 Å². The number of hydrogen-bond donors (Lipinski definition) is 1. The van der Waals surface area contributed by atoms with Gasteiger partial charge in [0, 0.05) is 18.6 Å². The highest BCUT2D eigenvalue weighted by Crippen LogP contribution is 2.58. The van der Waals surface area contributed by atoms with E-state index in [0.717, 1.165) is 0 Å². The van der Waals surface area contributed by atoms with Gasteiger partial charge in [0.2, 0.25) is 11.8 Å². The van der Waals surface area contributed by atoms with Crippen molar-refractivity contribution in [1.29, 1.82) is 0 Å². The first-order valence-corrected chi connectivity index (χ1v) is 10.3. The standard InChI is InChI=1S/C21H32N2O6/c1-6-10-23(20(3,4)5)18(26)16-21-9-8-13(29-21)14(19(27)28-7-2)15(21)17(25)22(16)11-12-24/h6,13-16,24H,1,7-12H2,2-5H3/t13-,14+,15+,16-,21+/m1/s1. The zero-order chi connectivity index (χ0) is 21.6. The summed E-state index contributed by atoms with van der Waals surface area (Å²) >= 11 is 0. The average molecular weight is 408 g/mol. The first-order valence-electron chi connectivity index (χ1n) is 10.3. The van der Waals surface area contributed by atoms with Gasteiger partial charge in [0.25, 0.3) is 0 Å². The number of likely N-dealkylation sites (tertiary alicyclic amines) is 1. The number of hydrogen-bond acceptors (Lipinski definition) is 6. The lowest BCUT2D eigenvalue weighted by Crippen LogP contribution is -2.60. The Kier molecular flexibility index (Phi) is 5.80. The molecule has 5 atom stereocenters. The van der Waals surface area contributed by atoms with E-state index in [1.165, 1.54) is 4.90 Å². The Morgan fingerprint density at radius 1 is 1.45 bits per heavy atom. The van der Waals surface area contributed by atoms with E-state index in [1.54, 1.807) is 17.9 Å². The summed E-state index contributed by atoms with van der Waals surface area (Å²) in [6.07, 6.45) is 2.35. The lowest BCUT2D eigenvalue weighted by Gasteiger charge is -2.41. The highest BCUT2D eigenvalue weighted by molar-refractivity contribution is 5.98. The number of aliphatic hydroxyl groups is 1. The molecule has 0 aromatic carbocycles. The van der Waals surface area contributed by atoms with E-state index in [4.69, 9.17) is 9.47 Å². The van der Waals surface area contributed by atoms with Crippen molar-refractivity contribution >= 4 is 17.8 Å². The number of amides is 2. The monoisotopic (exact) mass is 408 g/mol. The van der Waals surface area contributed by atoms with Gasteiger partial charge in [-0.3, -0.25) is 14.4 Å². The molecule has 1 spiro atoms. The maximum atomic E-state index is 13.7. The molecule has 3 rings (SSSR count). The average Bonchev–Trinajstić information content (AvgIpc) is 3.27. The number of ether oxygens (including phenoxy) is 2. The number of carbonyl (C=O) groups is 3. The van der Waals surface area contributed by atoms with Crippen LogP contribution >= 0.6 is 0 Å². The van der Waals surface area contributed by atoms with Crippen LogP contribution in [0.4, 0.5) is 0 Å². The Morgan fingerprint density at radius 3 is 2.69 bits per heavy atom. The Morgan fingerprint density at radius 2 is 2.14 bits per heavy atom. The maximum Gasteiger partial charge on any atom is 0.312 e. The summed E-state index contributed by atoms with van der Waals surface area (Å²) in [6.45, 7) is 11.5. The van der Waals surface area contributed by atoms with Crippen LogP contribution in [0, 0.1) is 11.8 Å². The number of β-amino-alcohol motifs (C(OH)–C–C–N with tert-alkyl or cyclic N) is 1. The zero-order valence-electron chi connectivity index (χ0n) is 17.7. The van der Waals surface area contributed by atoms with Crippen molar-refractivity contribution in [2.24, 2.45) is 11.8 Å². The molecule has 3 aliphatic rings. The van der Waals surface area contributed by atoms with Crippen LogP contribution in [0.1, 0.15) is 40.5 Å². The normalized spacial score (nSPS) is 33.0. The molecule has 0 radical (unpaired) electrons. The molecule has 0 aromatic rings. The number of fused-ring (bicyclic) bond motifs is 1. The first kappa shape index (κ1) is 21.8. The van der Waals surface area contributed by atoms with Gasteiger partial charge >= 0.3 is 5.97 Å². The molecule has 8 heteroatoms. The van der Waals surface area contributed by atoms with Crippen molar-refractivity contribution < 1.29 is 29.0 Å². The highest BCUT2D eigenvalue weighted by Gasteiger charge is 2.75. The Balaban J connectivity index is 2.04. The number of nitrogens with zero attached hydrogens (tertiary/aromatic N) is 2. The minimum atomic E-state index is -1.06. The van der Waals surface area contributed by atoms with Gasteiger partial charge in [-0.05, 0) is 40.5 Å². The predicted octanol–water partition coefficient (Wildman–Crippen LogP) is 0.730. The molecule has 3 aliphatic heterocycles. The molecule has 3 fully saturated rings. The molecule has 8 nitrogen and oxygen atoms in total. The van der Waals surface area contributed by atoms with Gasteiger partial charge in [0.15, 0.2) is 0 Å². The number of carbonyl (C=O) groups excluding carboxylic acids is 3. The molecule has 162 valence electrons. The van der Waals surface area contributed by atoms with Gasteiger partial charge in [-0.2, -0.15) is 0 Å². The third kappa shape index (κ3) is 3.26. The molecule has 0 aromatic heterocycles. The molecule has 2 bridgehead atoms. The second-order valence-corrected chi connectivity index (χ2v) is 8.97. The Hall–Kier alpha value is -1.93. The minimum Gasteiger partial charge on any atom is -0.466 e. The summed E-state index contributed by atoms with van der Waals surface area (Å²) in [4.78, 5) is 42.8. The second-order valence-electron chi connectivity index (χ2n) is 8.97. The minimum absolute atomic E-state index is 0.0170. The third-order valence-corrected chi connectivity index (χ3v) is 6.32. The lowest BCUT2D eigenvalue weighted by molar-refractivity contribution is -0.155. The van der Waals surface area contributed by atoms with Crippen molar-refractivity contribution in [2.45, 2.75) is 63.8 Å². The van der Waals surface area contributed by atoms with Crippen molar-refractivity contribution in [3.63, 3.8) is 0 Å². The summed E-state index contributed by atoms with van der Waals surface area (Å²) in [7, 11) is 0. The van der Waals surface area contributed by atoms with E-state index in [2.05, 4.69) is 6.58 Å². The Labute approximate surface area is 171 Å². The number of esters is 1. The Bertz CT molecular complexity index is 702. The second kappa shape index (κ2) is 7.72. The van der Waals surface area contributed by atoms with Crippen LogP contribution < -0.4 is 0 Å². The van der Waals surface area contributed by atoms with E-state index in [1.807, 2.05) is 20.8 Å². The third-order valence-electron chi connectivity index (χ3n) is 6.32. The molecule has 0 saturated carbocycles. The van der Waals surface area contributed by atoms with E-state index in [-0.39, 0.29) is 31.6 Å². The summed E-state index contributed by atoms with van der Waals surface area (Å²) < 4.78 is 11.5. The fourth-order valence-corrected chi connectivity index (χ4v) is 5.26. The van der Waals surface area contributed by atoms with Gasteiger partial charge < -0.3 is 24.4 Å². The summed E-state index contributed by atoms with van der Waals surface area (Å²) in [6, 6.07) is -0.879. The fourth-order valence-electron chi connectivity index (χ4n) is 5.26. The predicted molar refractivity (Wildman–Crippen MR) is 105 cm³/mol. The largest absolute Gasteiger partial charge is 0.466 e. The molecule has 0 unspecified atom stereocenters. The van der Waals surface area contributed by atoms with E-state index < -0.39 is 41.1 Å². The summed E-state index contributed by atoms with van der Waals surface area (Å²) in [5.74, 6) is -2.48. The van der Waals surface area contributed by atoms with Crippen LogP contribution in [-0.2, 0) is 23.9 Å². The van der Waals surface area contributed by atoms with Gasteiger partial charge in [-0.15, -0.1) is 6.58 Å². The fraction of sp³-hybridized carbons (Fsp3) is 0.762. The van der Waals surface area contributed by atoms with Crippen LogP contribution in [0.15, 0.2) is 12.7 Å². The van der Waals surface area contributed by atoms with Crippen molar-refractivity contribution in [3.05, 3.63) is 12.7 Å². The molecule has 3 saturated heterocycles. The molecule has 2 amide bonds. The quantitative estimate of drug-likeness (QED) is 0.493. The van der Waals surface area contributed by atoms with Crippen LogP contribution in [0.5, 0.6) is 0 Å². The van der Waals surface area contributed by atoms with Gasteiger partial charge in [-0.25, -0.2) is 0 Å². The highest BCUT2D eigenvalue weighted by atomic mass is 16.6. The van der Waals surface area contributed by atoms with Crippen LogP contribution in [0.25, 0.3) is 0 Å². The number of rotatable bonds is 7.